The van der Waals surface area contributed by atoms with Gasteiger partial charge < -0.3 is 20.3 Å². The van der Waals surface area contributed by atoms with Gasteiger partial charge >= 0.3 is 5.97 Å². The van der Waals surface area contributed by atoms with Crippen LogP contribution in [0, 0.1) is 0 Å². The summed E-state index contributed by atoms with van der Waals surface area (Å²) in [6, 6.07) is -0.549. The molecule has 0 saturated heterocycles. The van der Waals surface area contributed by atoms with Crippen molar-refractivity contribution in [3.05, 3.63) is 24.3 Å². The lowest BCUT2D eigenvalue weighted by atomic mass is 10.0. The van der Waals surface area contributed by atoms with Gasteiger partial charge in [-0.3, -0.25) is 9.59 Å². The van der Waals surface area contributed by atoms with Crippen LogP contribution in [0.15, 0.2) is 24.3 Å². The standard InChI is InChI=1S/C62H119NO5/c1-3-5-7-9-11-13-15-17-18-19-21-24-27-31-34-38-42-46-50-54-60(65)59(58-64)63-61(66)55-51-47-43-39-35-32-28-25-22-20-23-26-29-33-37-41-45-49-53-57-68-62(67)56-52-48-44-40-36-30-16-14-12-10-8-6-4-2/h26,29,33,37,59-60,64-65H,3-25,27-28,30-32,34-36,38-58H2,1-2H3,(H,63,66)/b29-26-,37-33-. The summed E-state index contributed by atoms with van der Waals surface area (Å²) >= 11 is 0. The second-order valence-electron chi connectivity index (χ2n) is 21.1. The highest BCUT2D eigenvalue weighted by atomic mass is 16.5. The summed E-state index contributed by atoms with van der Waals surface area (Å²) in [4.78, 5) is 24.5. The van der Waals surface area contributed by atoms with Gasteiger partial charge in [0.25, 0.3) is 0 Å². The maximum atomic E-state index is 12.5. The molecule has 2 atom stereocenters. The minimum Gasteiger partial charge on any atom is -0.466 e. The molecule has 6 nitrogen and oxygen atoms in total. The van der Waals surface area contributed by atoms with E-state index in [4.69, 9.17) is 4.74 Å². The monoisotopic (exact) mass is 958 g/mol. The SMILES string of the molecule is CCCCCCCCCCCCCCCCCCCCCC(O)C(CO)NC(=O)CCCCCCCCCCCC/C=C\C=C/CCCCCOC(=O)CCCCCCCCCCCCCCC. The van der Waals surface area contributed by atoms with E-state index in [9.17, 15) is 19.8 Å². The van der Waals surface area contributed by atoms with Crippen LogP contribution in [0.2, 0.25) is 0 Å². The molecule has 0 aromatic carbocycles. The average Bonchev–Trinajstić information content (AvgIpc) is 3.34. The molecule has 0 aromatic rings. The zero-order valence-electron chi connectivity index (χ0n) is 45.9. The summed E-state index contributed by atoms with van der Waals surface area (Å²) in [5.74, 6) is -0.0532. The quantitative estimate of drug-likeness (QED) is 0.0321. The van der Waals surface area contributed by atoms with E-state index in [1.54, 1.807) is 0 Å². The van der Waals surface area contributed by atoms with Crippen molar-refractivity contribution in [1.82, 2.24) is 5.32 Å². The van der Waals surface area contributed by atoms with Crippen LogP contribution >= 0.6 is 0 Å². The molecule has 1 amide bonds. The van der Waals surface area contributed by atoms with Crippen LogP contribution < -0.4 is 5.32 Å². The number of carbonyl (C=O) groups is 2. The lowest BCUT2D eigenvalue weighted by molar-refractivity contribution is -0.143. The van der Waals surface area contributed by atoms with E-state index in [-0.39, 0.29) is 18.5 Å². The van der Waals surface area contributed by atoms with E-state index in [0.29, 0.717) is 25.9 Å². The molecule has 0 fully saturated rings. The highest BCUT2D eigenvalue weighted by Crippen LogP contribution is 2.18. The lowest BCUT2D eigenvalue weighted by Gasteiger charge is -2.22. The van der Waals surface area contributed by atoms with Crippen molar-refractivity contribution in [2.45, 2.75) is 347 Å². The number of ether oxygens (including phenoxy) is 1. The summed E-state index contributed by atoms with van der Waals surface area (Å²) in [5, 5.41) is 23.3. The Morgan fingerprint density at radius 1 is 0.412 bits per heavy atom. The maximum Gasteiger partial charge on any atom is 0.305 e. The second-order valence-corrected chi connectivity index (χ2v) is 21.1. The maximum absolute atomic E-state index is 12.5. The van der Waals surface area contributed by atoms with Crippen LogP contribution in [0.4, 0.5) is 0 Å². The Labute approximate surface area is 424 Å². The molecule has 0 radical (unpaired) electrons. The number of carbonyl (C=O) groups excluding carboxylic acids is 2. The first-order valence-electron chi connectivity index (χ1n) is 30.6. The molecule has 0 aliphatic carbocycles. The number of hydrogen-bond acceptors (Lipinski definition) is 5. The normalized spacial score (nSPS) is 12.7. The fraction of sp³-hybridized carbons (Fsp3) is 0.903. The molecule has 402 valence electrons. The Bertz CT molecular complexity index is 1060. The third-order valence-electron chi connectivity index (χ3n) is 14.3. The van der Waals surface area contributed by atoms with Gasteiger partial charge in [0.2, 0.25) is 5.91 Å². The van der Waals surface area contributed by atoms with E-state index in [1.165, 1.54) is 231 Å². The molecule has 0 heterocycles. The fourth-order valence-electron chi connectivity index (χ4n) is 9.57. The Hall–Kier alpha value is -1.66. The molecule has 3 N–H and O–H groups in total. The largest absolute Gasteiger partial charge is 0.466 e. The highest BCUT2D eigenvalue weighted by molar-refractivity contribution is 5.76. The molecule has 0 saturated carbocycles. The van der Waals surface area contributed by atoms with Gasteiger partial charge in [-0.1, -0.05) is 289 Å². The Balaban J connectivity index is 3.47. The van der Waals surface area contributed by atoms with Crippen molar-refractivity contribution in [2.24, 2.45) is 0 Å². The van der Waals surface area contributed by atoms with Crippen LogP contribution in [0.5, 0.6) is 0 Å². The third-order valence-corrected chi connectivity index (χ3v) is 14.3. The van der Waals surface area contributed by atoms with Crippen molar-refractivity contribution >= 4 is 11.9 Å². The zero-order chi connectivity index (χ0) is 49.3. The van der Waals surface area contributed by atoms with Gasteiger partial charge in [-0.25, -0.2) is 0 Å². The van der Waals surface area contributed by atoms with Crippen LogP contribution in [-0.4, -0.2) is 47.4 Å². The van der Waals surface area contributed by atoms with Gasteiger partial charge in [0.05, 0.1) is 25.4 Å². The van der Waals surface area contributed by atoms with E-state index < -0.39 is 12.1 Å². The number of amides is 1. The minimum atomic E-state index is -0.671. The highest BCUT2D eigenvalue weighted by Gasteiger charge is 2.20. The molecular weight excluding hydrogens is 839 g/mol. The number of esters is 1. The summed E-state index contributed by atoms with van der Waals surface area (Å²) in [6.07, 6.45) is 70.4. The molecular formula is C62H119NO5. The molecule has 6 heteroatoms. The summed E-state index contributed by atoms with van der Waals surface area (Å²) in [5.41, 5.74) is 0. The van der Waals surface area contributed by atoms with E-state index in [2.05, 4.69) is 43.5 Å². The number of aliphatic hydroxyl groups is 2. The van der Waals surface area contributed by atoms with Crippen molar-refractivity contribution < 1.29 is 24.5 Å². The minimum absolute atomic E-state index is 0.0113. The predicted octanol–water partition coefficient (Wildman–Crippen LogP) is 19.0. The van der Waals surface area contributed by atoms with E-state index in [1.807, 2.05) is 0 Å². The van der Waals surface area contributed by atoms with Gasteiger partial charge in [-0.05, 0) is 57.8 Å². The van der Waals surface area contributed by atoms with Crippen LogP contribution in [0.25, 0.3) is 0 Å². The molecule has 0 bridgehead atoms. The molecule has 0 spiro atoms. The molecule has 68 heavy (non-hydrogen) atoms. The number of rotatable bonds is 57. The smallest absolute Gasteiger partial charge is 0.305 e. The number of nitrogens with one attached hydrogen (secondary N) is 1. The van der Waals surface area contributed by atoms with Gasteiger partial charge in [-0.15, -0.1) is 0 Å². The Morgan fingerprint density at radius 3 is 1.09 bits per heavy atom. The molecule has 0 aliphatic heterocycles. The van der Waals surface area contributed by atoms with Crippen molar-refractivity contribution in [1.29, 1.82) is 0 Å². The van der Waals surface area contributed by atoms with Gasteiger partial charge in [0, 0.05) is 12.8 Å². The Morgan fingerprint density at radius 2 is 0.721 bits per heavy atom. The number of unbranched alkanes of at least 4 members (excludes halogenated alkanes) is 43. The summed E-state index contributed by atoms with van der Waals surface area (Å²) in [6.45, 7) is 4.93. The molecule has 2 unspecified atom stereocenters. The first kappa shape index (κ1) is 66.3. The fourth-order valence-corrected chi connectivity index (χ4v) is 9.57. The number of hydrogen-bond donors (Lipinski definition) is 3. The lowest BCUT2D eigenvalue weighted by Crippen LogP contribution is -2.45. The third kappa shape index (κ3) is 53.7. The van der Waals surface area contributed by atoms with Crippen molar-refractivity contribution in [3.8, 4) is 0 Å². The Kier molecular flexibility index (Phi) is 56.5. The van der Waals surface area contributed by atoms with Crippen LogP contribution in [-0.2, 0) is 14.3 Å². The van der Waals surface area contributed by atoms with Crippen LogP contribution in [0.1, 0.15) is 335 Å². The first-order chi connectivity index (χ1) is 33.5. The number of aliphatic hydroxyl groups excluding tert-OH is 2. The van der Waals surface area contributed by atoms with Crippen LogP contribution in [0.3, 0.4) is 0 Å². The van der Waals surface area contributed by atoms with E-state index >= 15 is 0 Å². The van der Waals surface area contributed by atoms with Gasteiger partial charge in [-0.2, -0.15) is 0 Å². The van der Waals surface area contributed by atoms with Gasteiger partial charge in [0.15, 0.2) is 0 Å². The molecule has 0 aliphatic rings. The van der Waals surface area contributed by atoms with Crippen molar-refractivity contribution in [2.75, 3.05) is 13.2 Å². The topological polar surface area (TPSA) is 95.9 Å². The molecule has 0 rings (SSSR count). The predicted molar refractivity (Wildman–Crippen MR) is 296 cm³/mol. The number of allylic oxidation sites excluding steroid dienone is 4. The second kappa shape index (κ2) is 57.9. The summed E-state index contributed by atoms with van der Waals surface area (Å²) < 4.78 is 5.45. The molecule has 0 aromatic heterocycles. The average molecular weight is 959 g/mol. The first-order valence-corrected chi connectivity index (χ1v) is 30.6. The summed E-state index contributed by atoms with van der Waals surface area (Å²) in [7, 11) is 0. The van der Waals surface area contributed by atoms with Gasteiger partial charge in [0.1, 0.15) is 0 Å². The zero-order valence-corrected chi connectivity index (χ0v) is 45.9. The van der Waals surface area contributed by atoms with E-state index in [0.717, 1.165) is 70.6 Å². The van der Waals surface area contributed by atoms with Crippen molar-refractivity contribution in [3.63, 3.8) is 0 Å².